The minimum Gasteiger partial charge on any atom is -0.543 e. The van der Waals surface area contributed by atoms with E-state index < -0.39 is 29.2 Å². The fourth-order valence-electron chi connectivity index (χ4n) is 3.44. The third kappa shape index (κ3) is 4.72. The summed E-state index contributed by atoms with van der Waals surface area (Å²) >= 11 is 2.24. The van der Waals surface area contributed by atoms with Crippen molar-refractivity contribution in [3.63, 3.8) is 0 Å². The normalized spacial score (nSPS) is 20.1. The molecule has 0 radical (unpaired) electrons. The van der Waals surface area contributed by atoms with Crippen LogP contribution in [-0.4, -0.2) is 61.0 Å². The van der Waals surface area contributed by atoms with Gasteiger partial charge in [-0.25, -0.2) is 4.57 Å². The van der Waals surface area contributed by atoms with Crippen LogP contribution in [0.15, 0.2) is 47.0 Å². The molecule has 12 nitrogen and oxygen atoms in total. The summed E-state index contributed by atoms with van der Waals surface area (Å²) in [6.45, 7) is 3.75. The highest BCUT2D eigenvalue weighted by molar-refractivity contribution is 8.00. The van der Waals surface area contributed by atoms with Crippen LogP contribution >= 0.6 is 23.3 Å². The number of hydrogen-bond acceptors (Lipinski definition) is 11. The number of nitrogens with zero attached hydrogens (tertiary/aromatic N) is 5. The third-order valence-electron chi connectivity index (χ3n) is 4.90. The molecule has 0 aliphatic carbocycles. The first kappa shape index (κ1) is 23.6. The monoisotopic (exact) mass is 503 g/mol. The van der Waals surface area contributed by atoms with Crippen molar-refractivity contribution in [2.45, 2.75) is 37.9 Å². The Balaban J connectivity index is 1.53. The van der Waals surface area contributed by atoms with Gasteiger partial charge < -0.3 is 25.8 Å². The summed E-state index contributed by atoms with van der Waals surface area (Å²) < 4.78 is 5.80. The van der Waals surface area contributed by atoms with Gasteiger partial charge in [0.15, 0.2) is 24.1 Å². The van der Waals surface area contributed by atoms with Crippen molar-refractivity contribution in [1.29, 1.82) is 0 Å². The molecule has 2 atom stereocenters. The smallest absolute Gasteiger partial charge is 0.278 e. The fraction of sp³-hybridized carbons (Fsp3) is 0.350. The van der Waals surface area contributed by atoms with E-state index in [1.807, 2.05) is 22.8 Å². The van der Waals surface area contributed by atoms with Crippen LogP contribution in [-0.2, 0) is 25.8 Å². The molecule has 2 aromatic heterocycles. The molecule has 3 N–H and O–H groups in total. The quantitative estimate of drug-likeness (QED) is 0.191. The average molecular weight is 504 g/mol. The second-order valence-corrected chi connectivity index (χ2v) is 9.59. The molecular formula is C20H21N7O5S2. The standard InChI is InChI=1S/C20H21N7O5S2/c1-10(2)32-24-12(15-23-20(21)34-25-15)16(28)22-13-17(29)27-14(19(30)31)11(9-33-18(13)27)8-26-6-4-3-5-7-26/h3-7,10,13,18H,8-9H2,1-2H3,(H3-,21,22,23,25,28,30,31)/t13?,18-/m1/s1. The van der Waals surface area contributed by atoms with Crippen LogP contribution in [0.1, 0.15) is 19.7 Å². The summed E-state index contributed by atoms with van der Waals surface area (Å²) in [5.41, 5.74) is 5.77. The van der Waals surface area contributed by atoms with E-state index in [1.165, 1.54) is 11.8 Å². The number of oxime groups is 1. The number of fused-ring (bicyclic) bond motifs is 1. The van der Waals surface area contributed by atoms with E-state index in [4.69, 9.17) is 10.6 Å². The number of carbonyl (C=O) groups is 3. The molecule has 0 aromatic carbocycles. The summed E-state index contributed by atoms with van der Waals surface area (Å²) in [6.07, 6.45) is 3.29. The number of aromatic nitrogens is 3. The maximum absolute atomic E-state index is 12.9. The maximum atomic E-state index is 12.9. The Morgan fingerprint density at radius 1 is 1.38 bits per heavy atom. The Bertz CT molecular complexity index is 1180. The lowest BCUT2D eigenvalue weighted by Crippen LogP contribution is -2.71. The van der Waals surface area contributed by atoms with Crippen LogP contribution in [0, 0.1) is 0 Å². The Morgan fingerprint density at radius 3 is 2.74 bits per heavy atom. The molecule has 4 heterocycles. The van der Waals surface area contributed by atoms with Gasteiger partial charge in [0.25, 0.3) is 11.8 Å². The van der Waals surface area contributed by atoms with Gasteiger partial charge >= 0.3 is 0 Å². The van der Waals surface area contributed by atoms with Crippen LogP contribution < -0.4 is 20.7 Å². The molecule has 0 saturated carbocycles. The largest absolute Gasteiger partial charge is 0.543 e. The average Bonchev–Trinajstić information content (AvgIpc) is 3.23. The molecule has 2 aromatic rings. The fourth-order valence-corrected chi connectivity index (χ4v) is 5.21. The highest BCUT2D eigenvalue weighted by Crippen LogP contribution is 2.40. The van der Waals surface area contributed by atoms with Crippen LogP contribution in [0.5, 0.6) is 0 Å². The number of carboxylic acids is 1. The molecule has 2 aliphatic rings. The highest BCUT2D eigenvalue weighted by Gasteiger charge is 2.53. The van der Waals surface area contributed by atoms with Gasteiger partial charge in [-0.1, -0.05) is 11.2 Å². The number of amides is 2. The summed E-state index contributed by atoms with van der Waals surface area (Å²) in [5.74, 6) is -2.41. The molecule has 4 rings (SSSR count). The summed E-state index contributed by atoms with van der Waals surface area (Å²) in [7, 11) is 0. The Labute approximate surface area is 202 Å². The van der Waals surface area contributed by atoms with Gasteiger partial charge in [-0.05, 0) is 13.8 Å². The first-order valence-electron chi connectivity index (χ1n) is 10.2. The molecule has 1 unspecified atom stereocenters. The molecule has 0 bridgehead atoms. The van der Waals surface area contributed by atoms with Gasteiger partial charge in [-0.15, -0.1) is 11.8 Å². The number of rotatable bonds is 8. The second-order valence-electron chi connectivity index (χ2n) is 7.70. The molecule has 0 spiro atoms. The SMILES string of the molecule is CC(C)ON=C(C(=O)NC1C(=O)N2C(C(=O)[O-])=C(C[n+]3ccccc3)CS[C@H]12)c1nsc(N)n1. The van der Waals surface area contributed by atoms with Crippen molar-refractivity contribution in [1.82, 2.24) is 19.6 Å². The van der Waals surface area contributed by atoms with Gasteiger partial charge in [0.2, 0.25) is 11.5 Å². The number of carbonyl (C=O) groups excluding carboxylic acids is 3. The number of β-lactam (4-membered cyclic amide) rings is 1. The van der Waals surface area contributed by atoms with Crippen LogP contribution in [0.25, 0.3) is 0 Å². The van der Waals surface area contributed by atoms with E-state index in [9.17, 15) is 19.5 Å². The van der Waals surface area contributed by atoms with Crippen molar-refractivity contribution in [2.75, 3.05) is 11.5 Å². The molecule has 2 aliphatic heterocycles. The number of aliphatic carboxylic acids is 1. The van der Waals surface area contributed by atoms with Crippen molar-refractivity contribution in [3.05, 3.63) is 47.7 Å². The maximum Gasteiger partial charge on any atom is 0.278 e. The minimum absolute atomic E-state index is 0.0296. The predicted octanol–water partition coefficient (Wildman–Crippen LogP) is -1.36. The number of pyridine rings is 1. The van der Waals surface area contributed by atoms with Crippen molar-refractivity contribution >= 4 is 51.9 Å². The molecule has 34 heavy (non-hydrogen) atoms. The lowest BCUT2D eigenvalue weighted by atomic mass is 10.0. The van der Waals surface area contributed by atoms with Gasteiger partial charge in [0, 0.05) is 35.0 Å². The van der Waals surface area contributed by atoms with Gasteiger partial charge in [0.1, 0.15) is 17.5 Å². The van der Waals surface area contributed by atoms with Crippen LogP contribution in [0.4, 0.5) is 5.13 Å². The molecule has 2 amide bonds. The number of thioether (sulfide) groups is 1. The molecule has 178 valence electrons. The number of carboxylic acid groups (broad SMARTS) is 1. The highest BCUT2D eigenvalue weighted by atomic mass is 32.2. The van der Waals surface area contributed by atoms with Crippen LogP contribution in [0.3, 0.4) is 0 Å². The van der Waals surface area contributed by atoms with E-state index >= 15 is 0 Å². The lowest BCUT2D eigenvalue weighted by molar-refractivity contribution is -0.689. The zero-order valence-corrected chi connectivity index (χ0v) is 19.8. The van der Waals surface area contributed by atoms with E-state index in [0.29, 0.717) is 17.9 Å². The molecule has 1 saturated heterocycles. The topological polar surface area (TPSA) is 167 Å². The van der Waals surface area contributed by atoms with Crippen molar-refractivity contribution in [2.24, 2.45) is 5.16 Å². The molecular weight excluding hydrogens is 482 g/mol. The van der Waals surface area contributed by atoms with Crippen molar-refractivity contribution in [3.8, 4) is 0 Å². The van der Waals surface area contributed by atoms with Crippen LogP contribution in [0.2, 0.25) is 0 Å². The van der Waals surface area contributed by atoms with Gasteiger partial charge in [0.05, 0.1) is 11.7 Å². The summed E-state index contributed by atoms with van der Waals surface area (Å²) in [5, 5.41) is 17.9. The number of nitrogens with one attached hydrogen (secondary N) is 1. The van der Waals surface area contributed by atoms with Crippen molar-refractivity contribution < 1.29 is 28.9 Å². The lowest BCUT2D eigenvalue weighted by Gasteiger charge is -2.50. The molecule has 1 fully saturated rings. The number of hydrogen-bond donors (Lipinski definition) is 2. The zero-order valence-electron chi connectivity index (χ0n) is 18.2. The third-order valence-corrected chi connectivity index (χ3v) is 6.78. The number of nitrogen functional groups attached to an aromatic ring is 1. The Kier molecular flexibility index (Phi) is 6.79. The predicted molar refractivity (Wildman–Crippen MR) is 121 cm³/mol. The Hall–Kier alpha value is -3.52. The first-order chi connectivity index (χ1) is 16.3. The first-order valence-corrected chi connectivity index (χ1v) is 12.0. The van der Waals surface area contributed by atoms with Gasteiger partial charge in [-0.2, -0.15) is 9.36 Å². The second kappa shape index (κ2) is 9.77. The van der Waals surface area contributed by atoms with E-state index in [2.05, 4.69) is 19.8 Å². The van der Waals surface area contributed by atoms with E-state index in [-0.39, 0.29) is 28.5 Å². The van der Waals surface area contributed by atoms with Gasteiger partial charge in [-0.3, -0.25) is 14.5 Å². The number of nitrogens with two attached hydrogens (primary N) is 1. The minimum atomic E-state index is -1.44. The number of anilines is 1. The van der Waals surface area contributed by atoms with E-state index in [0.717, 1.165) is 16.4 Å². The zero-order chi connectivity index (χ0) is 24.4. The summed E-state index contributed by atoms with van der Waals surface area (Å²) in [6, 6.07) is 4.54. The Morgan fingerprint density at radius 2 is 2.12 bits per heavy atom. The molecule has 14 heteroatoms. The summed E-state index contributed by atoms with van der Waals surface area (Å²) in [4.78, 5) is 48.1. The van der Waals surface area contributed by atoms with E-state index in [1.54, 1.807) is 26.2 Å².